The van der Waals surface area contributed by atoms with Crippen molar-refractivity contribution in [2.75, 3.05) is 4.90 Å². The highest BCUT2D eigenvalue weighted by Crippen LogP contribution is 2.44. The highest BCUT2D eigenvalue weighted by molar-refractivity contribution is 6.08. The summed E-state index contributed by atoms with van der Waals surface area (Å²) in [6.45, 7) is 0. The molecule has 4 nitrogen and oxygen atoms in total. The molecular formula is C51H34N4. The summed E-state index contributed by atoms with van der Waals surface area (Å²) >= 11 is 0. The summed E-state index contributed by atoms with van der Waals surface area (Å²) in [6.07, 6.45) is 0. The van der Waals surface area contributed by atoms with Gasteiger partial charge in [-0.2, -0.15) is 0 Å². The van der Waals surface area contributed by atoms with Gasteiger partial charge in [0.1, 0.15) is 0 Å². The normalized spacial score (nSPS) is 11.3. The first kappa shape index (κ1) is 32.2. The zero-order valence-electron chi connectivity index (χ0n) is 29.9. The van der Waals surface area contributed by atoms with E-state index in [-0.39, 0.29) is 0 Å². The summed E-state index contributed by atoms with van der Waals surface area (Å²) in [5.41, 5.74) is 8.07. The largest absolute Gasteiger partial charge is 0.309 e. The Kier molecular flexibility index (Phi) is 8.12. The average molecular weight is 703 g/mol. The molecule has 0 bridgehead atoms. The molecular weight excluding hydrogens is 669 g/mol. The molecule has 0 aliphatic carbocycles. The monoisotopic (exact) mass is 702 g/mol. The Morgan fingerprint density at radius 3 is 1.55 bits per heavy atom. The van der Waals surface area contributed by atoms with Gasteiger partial charge in [0.15, 0.2) is 17.5 Å². The van der Waals surface area contributed by atoms with E-state index in [1.807, 2.05) is 0 Å². The van der Waals surface area contributed by atoms with Gasteiger partial charge in [0.2, 0.25) is 0 Å². The minimum atomic E-state index is 0.598. The predicted octanol–water partition coefficient (Wildman–Crippen LogP) is 13.5. The zero-order valence-corrected chi connectivity index (χ0v) is 29.9. The van der Waals surface area contributed by atoms with Crippen LogP contribution in [0.3, 0.4) is 0 Å². The molecule has 0 spiro atoms. The molecule has 0 aliphatic heterocycles. The lowest BCUT2D eigenvalue weighted by molar-refractivity contribution is 1.07. The van der Waals surface area contributed by atoms with Crippen molar-refractivity contribution < 1.29 is 0 Å². The Morgan fingerprint density at radius 1 is 0.291 bits per heavy atom. The Hall–Kier alpha value is -7.43. The summed E-state index contributed by atoms with van der Waals surface area (Å²) in [4.78, 5) is 18.1. The highest BCUT2D eigenvalue weighted by atomic mass is 15.2. The highest BCUT2D eigenvalue weighted by Gasteiger charge is 2.22. The first-order chi connectivity index (χ1) is 27.3. The topological polar surface area (TPSA) is 41.9 Å². The Bertz CT molecular complexity index is 2990. The molecule has 10 aromatic rings. The van der Waals surface area contributed by atoms with Gasteiger partial charge in [0.25, 0.3) is 0 Å². The summed E-state index contributed by atoms with van der Waals surface area (Å²) in [6, 6.07) is 72.3. The Labute approximate surface area is 319 Å². The van der Waals surface area contributed by atoms with Crippen LogP contribution in [0.15, 0.2) is 206 Å². The lowest BCUT2D eigenvalue weighted by Crippen LogP contribution is -2.13. The van der Waals surface area contributed by atoms with Crippen molar-refractivity contribution >= 4 is 49.4 Å². The number of aromatic nitrogens is 3. The second-order valence-corrected chi connectivity index (χ2v) is 13.7. The summed E-state index contributed by atoms with van der Waals surface area (Å²) in [7, 11) is 0. The third-order valence-electron chi connectivity index (χ3n) is 10.3. The van der Waals surface area contributed by atoms with Gasteiger partial charge >= 0.3 is 0 Å². The van der Waals surface area contributed by atoms with Crippen LogP contribution in [-0.4, -0.2) is 15.0 Å². The first-order valence-electron chi connectivity index (χ1n) is 18.5. The third-order valence-corrected chi connectivity index (χ3v) is 10.3. The van der Waals surface area contributed by atoms with Crippen LogP contribution in [0.2, 0.25) is 0 Å². The number of anilines is 3. The maximum atomic E-state index is 5.29. The van der Waals surface area contributed by atoms with E-state index in [2.05, 4.69) is 211 Å². The molecule has 1 heterocycles. The quantitative estimate of drug-likeness (QED) is 0.155. The van der Waals surface area contributed by atoms with Gasteiger partial charge in [0.05, 0.1) is 11.4 Å². The Morgan fingerprint density at radius 2 is 0.782 bits per heavy atom. The molecule has 0 N–H and O–H groups in total. The lowest BCUT2D eigenvalue weighted by atomic mass is 10.00. The van der Waals surface area contributed by atoms with E-state index in [4.69, 9.17) is 15.0 Å². The van der Waals surface area contributed by atoms with Crippen LogP contribution in [-0.2, 0) is 0 Å². The number of benzene rings is 9. The van der Waals surface area contributed by atoms with Gasteiger partial charge in [-0.05, 0) is 80.3 Å². The number of hydrogen-bond acceptors (Lipinski definition) is 4. The SMILES string of the molecule is c1ccc(-c2ccccc2N(c2ccccc2)c2ccccc2-c2nc(-c3ccc4ccccc4c3)nc(-c3ccc4c(ccc5ccccc54)c3)n2)cc1. The van der Waals surface area contributed by atoms with Crippen LogP contribution < -0.4 is 4.90 Å². The van der Waals surface area contributed by atoms with Gasteiger partial charge in [-0.25, -0.2) is 15.0 Å². The lowest BCUT2D eigenvalue weighted by Gasteiger charge is -2.29. The van der Waals surface area contributed by atoms with E-state index in [1.165, 1.54) is 21.5 Å². The van der Waals surface area contributed by atoms with Gasteiger partial charge in [-0.15, -0.1) is 0 Å². The number of nitrogens with zero attached hydrogens (tertiary/aromatic N) is 4. The zero-order chi connectivity index (χ0) is 36.6. The van der Waals surface area contributed by atoms with Crippen molar-refractivity contribution in [2.24, 2.45) is 0 Å². The van der Waals surface area contributed by atoms with Crippen LogP contribution in [0.5, 0.6) is 0 Å². The van der Waals surface area contributed by atoms with Crippen molar-refractivity contribution in [1.29, 1.82) is 0 Å². The Balaban J connectivity index is 1.20. The minimum absolute atomic E-state index is 0.598. The van der Waals surface area contributed by atoms with Crippen molar-refractivity contribution in [2.45, 2.75) is 0 Å². The van der Waals surface area contributed by atoms with Crippen molar-refractivity contribution in [1.82, 2.24) is 15.0 Å². The van der Waals surface area contributed by atoms with Crippen molar-refractivity contribution in [3.63, 3.8) is 0 Å². The first-order valence-corrected chi connectivity index (χ1v) is 18.5. The van der Waals surface area contributed by atoms with Crippen LogP contribution >= 0.6 is 0 Å². The van der Waals surface area contributed by atoms with E-state index in [0.29, 0.717) is 17.5 Å². The molecule has 0 amide bonds. The number of rotatable bonds is 7. The van der Waals surface area contributed by atoms with E-state index in [0.717, 1.165) is 55.7 Å². The maximum Gasteiger partial charge on any atom is 0.166 e. The van der Waals surface area contributed by atoms with Crippen LogP contribution in [0.4, 0.5) is 17.1 Å². The molecule has 1 aromatic heterocycles. The molecule has 0 fully saturated rings. The molecule has 9 aromatic carbocycles. The molecule has 10 rings (SSSR count). The molecule has 0 atom stereocenters. The second-order valence-electron chi connectivity index (χ2n) is 13.7. The van der Waals surface area contributed by atoms with Gasteiger partial charge < -0.3 is 4.90 Å². The molecule has 0 unspecified atom stereocenters. The van der Waals surface area contributed by atoms with Crippen LogP contribution in [0.25, 0.3) is 77.6 Å². The molecule has 4 heteroatoms. The van der Waals surface area contributed by atoms with Crippen LogP contribution in [0, 0.1) is 0 Å². The molecule has 0 saturated heterocycles. The van der Waals surface area contributed by atoms with Gasteiger partial charge in [-0.1, -0.05) is 164 Å². The molecule has 0 aliphatic rings. The third kappa shape index (κ3) is 6.06. The standard InChI is InChI=1S/C51H34N4/c1-3-16-36(17-4-1)45-23-11-13-25-47(45)55(42-20-5-2-6-21-42)48-26-14-12-24-46(48)51-53-49(40-30-27-35-15-7-8-19-38(35)33-40)52-50(54-51)41-31-32-44-39(34-41)29-28-37-18-9-10-22-43(37)44/h1-34H. The fraction of sp³-hybridized carbons (Fsp3) is 0. The van der Waals surface area contributed by atoms with Crippen molar-refractivity contribution in [3.05, 3.63) is 206 Å². The average Bonchev–Trinajstić information content (AvgIpc) is 3.27. The number of para-hydroxylation sites is 3. The molecule has 0 radical (unpaired) electrons. The minimum Gasteiger partial charge on any atom is -0.309 e. The molecule has 258 valence electrons. The maximum absolute atomic E-state index is 5.29. The fourth-order valence-corrected chi connectivity index (χ4v) is 7.61. The van der Waals surface area contributed by atoms with E-state index in [1.54, 1.807) is 0 Å². The number of fused-ring (bicyclic) bond motifs is 4. The summed E-state index contributed by atoms with van der Waals surface area (Å²) in [5.74, 6) is 1.84. The second kappa shape index (κ2) is 13.8. The smallest absolute Gasteiger partial charge is 0.166 e. The summed E-state index contributed by atoms with van der Waals surface area (Å²) in [5, 5.41) is 7.09. The predicted molar refractivity (Wildman–Crippen MR) is 229 cm³/mol. The van der Waals surface area contributed by atoms with Gasteiger partial charge in [0, 0.05) is 27.9 Å². The molecule has 0 saturated carbocycles. The van der Waals surface area contributed by atoms with Crippen molar-refractivity contribution in [3.8, 4) is 45.3 Å². The van der Waals surface area contributed by atoms with E-state index in [9.17, 15) is 0 Å². The molecule has 55 heavy (non-hydrogen) atoms. The number of hydrogen-bond donors (Lipinski definition) is 0. The summed E-state index contributed by atoms with van der Waals surface area (Å²) < 4.78 is 0. The van der Waals surface area contributed by atoms with Crippen LogP contribution in [0.1, 0.15) is 0 Å². The van der Waals surface area contributed by atoms with Gasteiger partial charge in [-0.3, -0.25) is 0 Å². The van der Waals surface area contributed by atoms with E-state index < -0.39 is 0 Å². The van der Waals surface area contributed by atoms with E-state index >= 15 is 0 Å². The fourth-order valence-electron chi connectivity index (χ4n) is 7.61.